The molecule has 0 unspecified atom stereocenters. The summed E-state index contributed by atoms with van der Waals surface area (Å²) in [5, 5.41) is 7.45. The number of benzene rings is 2. The lowest BCUT2D eigenvalue weighted by molar-refractivity contribution is -0.117. The summed E-state index contributed by atoms with van der Waals surface area (Å²) in [4.78, 5) is 27.4. The van der Waals surface area contributed by atoms with Gasteiger partial charge in [0.1, 0.15) is 12.4 Å². The van der Waals surface area contributed by atoms with Crippen molar-refractivity contribution in [1.82, 2.24) is 14.3 Å². The molecular formula is C26H31N5O2S2. The normalized spacial score (nSPS) is 10.9. The van der Waals surface area contributed by atoms with E-state index in [1.165, 1.54) is 16.4 Å². The molecule has 2 aromatic carbocycles. The van der Waals surface area contributed by atoms with Crippen molar-refractivity contribution >= 4 is 47.2 Å². The van der Waals surface area contributed by atoms with Crippen molar-refractivity contribution in [1.29, 1.82) is 0 Å². The van der Waals surface area contributed by atoms with E-state index >= 15 is 0 Å². The lowest BCUT2D eigenvalue weighted by atomic mass is 10.2. The summed E-state index contributed by atoms with van der Waals surface area (Å²) in [7, 11) is 0. The first-order chi connectivity index (χ1) is 16.8. The molecule has 9 heteroatoms. The summed E-state index contributed by atoms with van der Waals surface area (Å²) in [5.74, 6) is 1.30. The summed E-state index contributed by atoms with van der Waals surface area (Å²) >= 11 is 7.04. The number of thioether (sulfide) groups is 1. The summed E-state index contributed by atoms with van der Waals surface area (Å²) in [5.41, 5.74) is 2.72. The Morgan fingerprint density at radius 2 is 1.86 bits per heavy atom. The van der Waals surface area contributed by atoms with Gasteiger partial charge in [-0.3, -0.25) is 14.2 Å². The summed E-state index contributed by atoms with van der Waals surface area (Å²) in [6.45, 7) is 10.3. The number of allylic oxidation sites excluding steroid dienone is 1. The highest BCUT2D eigenvalue weighted by molar-refractivity contribution is 7.99. The Kier molecular flexibility index (Phi) is 9.45. The van der Waals surface area contributed by atoms with Crippen LogP contribution in [0.5, 0.6) is 0 Å². The third-order valence-electron chi connectivity index (χ3n) is 5.22. The van der Waals surface area contributed by atoms with E-state index in [9.17, 15) is 9.59 Å². The molecule has 0 radical (unpaired) electrons. The number of aryl methyl sites for hydroxylation is 1. The number of anilines is 2. The fourth-order valence-corrected chi connectivity index (χ4v) is 4.70. The minimum Gasteiger partial charge on any atom is -0.324 e. The van der Waals surface area contributed by atoms with E-state index in [4.69, 9.17) is 12.2 Å². The van der Waals surface area contributed by atoms with E-state index in [1.807, 2.05) is 79.9 Å². The number of para-hydroxylation sites is 1. The number of nitrogens with zero attached hydrogens (tertiary/aromatic N) is 4. The summed E-state index contributed by atoms with van der Waals surface area (Å²) in [6.07, 6.45) is 1.74. The van der Waals surface area contributed by atoms with Gasteiger partial charge in [0, 0.05) is 24.0 Å². The summed E-state index contributed by atoms with van der Waals surface area (Å²) in [6, 6.07) is 17.3. The van der Waals surface area contributed by atoms with Gasteiger partial charge in [-0.25, -0.2) is 4.68 Å². The zero-order valence-electron chi connectivity index (χ0n) is 20.3. The Balaban J connectivity index is 1.66. The molecule has 0 fully saturated rings. The number of nitrogens with one attached hydrogen (secondary N) is 1. The third kappa shape index (κ3) is 7.16. The highest BCUT2D eigenvalue weighted by Gasteiger charge is 2.20. The Morgan fingerprint density at radius 1 is 1.17 bits per heavy atom. The van der Waals surface area contributed by atoms with Gasteiger partial charge in [0.2, 0.25) is 11.8 Å². The van der Waals surface area contributed by atoms with Crippen molar-refractivity contribution in [3.63, 3.8) is 0 Å². The van der Waals surface area contributed by atoms with Crippen LogP contribution in [0.25, 0.3) is 0 Å². The second kappa shape index (κ2) is 12.5. The molecule has 0 atom stereocenters. The fourth-order valence-electron chi connectivity index (χ4n) is 3.60. The molecule has 0 saturated carbocycles. The Labute approximate surface area is 215 Å². The first kappa shape index (κ1) is 26.4. The molecule has 0 bridgehead atoms. The number of carbonyl (C=O) groups excluding carboxylic acids is 2. The predicted octanol–water partition coefficient (Wildman–Crippen LogP) is 5.22. The molecular weight excluding hydrogens is 478 g/mol. The highest BCUT2D eigenvalue weighted by atomic mass is 32.2. The molecule has 3 rings (SSSR count). The first-order valence-corrected chi connectivity index (χ1v) is 12.9. The average Bonchev–Trinajstić information content (AvgIpc) is 3.10. The van der Waals surface area contributed by atoms with E-state index in [0.717, 1.165) is 16.9 Å². The quantitative estimate of drug-likeness (QED) is 0.283. The maximum Gasteiger partial charge on any atom is 0.246 e. The van der Waals surface area contributed by atoms with Gasteiger partial charge in [-0.05, 0) is 57.3 Å². The lowest BCUT2D eigenvalue weighted by Gasteiger charge is -2.26. The van der Waals surface area contributed by atoms with Crippen LogP contribution in [0.4, 0.5) is 11.4 Å². The molecule has 1 heterocycles. The molecule has 184 valence electrons. The number of hydrogen-bond acceptors (Lipinski definition) is 5. The second-order valence-electron chi connectivity index (χ2n) is 8.36. The molecule has 0 spiro atoms. The highest BCUT2D eigenvalue weighted by Crippen LogP contribution is 2.20. The van der Waals surface area contributed by atoms with Crippen LogP contribution in [-0.2, 0) is 28.4 Å². The standard InChI is InChI=1S/C26H31N5O2S2/c1-5-15-29-23(17-35-18-25(33)31(19(2)3)22-9-7-6-8-10-22)28-30(26(29)34)16-24(32)27-21-13-11-20(4)12-14-21/h5-14,19H,1,15-18H2,2-4H3,(H,27,32). The molecule has 1 N–H and O–H groups in total. The number of amides is 2. The molecule has 0 aliphatic heterocycles. The van der Waals surface area contributed by atoms with Crippen LogP contribution in [0.3, 0.4) is 0 Å². The van der Waals surface area contributed by atoms with Crippen LogP contribution >= 0.6 is 24.0 Å². The number of hydrogen-bond donors (Lipinski definition) is 1. The Morgan fingerprint density at radius 3 is 2.49 bits per heavy atom. The molecule has 0 aliphatic rings. The van der Waals surface area contributed by atoms with Gasteiger partial charge in [-0.1, -0.05) is 42.0 Å². The van der Waals surface area contributed by atoms with Gasteiger partial charge in [-0.15, -0.1) is 18.3 Å². The van der Waals surface area contributed by atoms with E-state index in [-0.39, 0.29) is 24.4 Å². The Hall–Kier alpha value is -3.17. The van der Waals surface area contributed by atoms with Crippen molar-refractivity contribution in [2.75, 3.05) is 16.0 Å². The monoisotopic (exact) mass is 509 g/mol. The van der Waals surface area contributed by atoms with E-state index in [2.05, 4.69) is 17.0 Å². The van der Waals surface area contributed by atoms with Crippen molar-refractivity contribution < 1.29 is 9.59 Å². The number of carbonyl (C=O) groups is 2. The smallest absolute Gasteiger partial charge is 0.246 e. The van der Waals surface area contributed by atoms with Gasteiger partial charge in [0.15, 0.2) is 4.77 Å². The minimum absolute atomic E-state index is 0.00256. The Bertz CT molecular complexity index is 1220. The van der Waals surface area contributed by atoms with Crippen molar-refractivity contribution in [2.45, 2.75) is 45.7 Å². The molecule has 35 heavy (non-hydrogen) atoms. The molecule has 2 amide bonds. The van der Waals surface area contributed by atoms with E-state index in [0.29, 0.717) is 28.6 Å². The molecule has 7 nitrogen and oxygen atoms in total. The topological polar surface area (TPSA) is 72.2 Å². The van der Waals surface area contributed by atoms with Crippen LogP contribution in [-0.4, -0.2) is 38.0 Å². The van der Waals surface area contributed by atoms with Crippen LogP contribution in [0.15, 0.2) is 67.3 Å². The van der Waals surface area contributed by atoms with Gasteiger partial charge in [0.25, 0.3) is 0 Å². The third-order valence-corrected chi connectivity index (χ3v) is 6.56. The van der Waals surface area contributed by atoms with Crippen LogP contribution in [0.1, 0.15) is 25.2 Å². The molecule has 1 aromatic heterocycles. The van der Waals surface area contributed by atoms with Crippen molar-refractivity contribution in [2.24, 2.45) is 0 Å². The van der Waals surface area contributed by atoms with Crippen molar-refractivity contribution in [3.05, 3.63) is 83.4 Å². The maximum atomic E-state index is 13.0. The summed E-state index contributed by atoms with van der Waals surface area (Å²) < 4.78 is 3.81. The van der Waals surface area contributed by atoms with Crippen molar-refractivity contribution in [3.8, 4) is 0 Å². The second-order valence-corrected chi connectivity index (χ2v) is 9.71. The van der Waals surface area contributed by atoms with Crippen LogP contribution in [0, 0.1) is 11.7 Å². The van der Waals surface area contributed by atoms with Gasteiger partial charge in [0.05, 0.1) is 11.5 Å². The minimum atomic E-state index is -0.210. The van der Waals surface area contributed by atoms with E-state index < -0.39 is 0 Å². The van der Waals surface area contributed by atoms with Gasteiger partial charge < -0.3 is 10.2 Å². The number of rotatable bonds is 11. The number of aromatic nitrogens is 3. The molecule has 0 aliphatic carbocycles. The zero-order valence-corrected chi connectivity index (χ0v) is 21.9. The maximum absolute atomic E-state index is 13.0. The molecule has 0 saturated heterocycles. The first-order valence-electron chi connectivity index (χ1n) is 11.4. The predicted molar refractivity (Wildman–Crippen MR) is 146 cm³/mol. The van der Waals surface area contributed by atoms with Gasteiger partial charge >= 0.3 is 0 Å². The average molecular weight is 510 g/mol. The fraction of sp³-hybridized carbons (Fsp3) is 0.308. The van der Waals surface area contributed by atoms with Crippen LogP contribution in [0.2, 0.25) is 0 Å². The zero-order chi connectivity index (χ0) is 25.4. The lowest BCUT2D eigenvalue weighted by Crippen LogP contribution is -2.38. The largest absolute Gasteiger partial charge is 0.324 e. The van der Waals surface area contributed by atoms with E-state index in [1.54, 1.807) is 11.0 Å². The molecule has 3 aromatic rings. The SMILES string of the molecule is C=CCn1c(CSCC(=O)N(c2ccccc2)C(C)C)nn(CC(=O)Nc2ccc(C)cc2)c1=S. The van der Waals surface area contributed by atoms with Gasteiger partial charge in [-0.2, -0.15) is 5.10 Å². The van der Waals surface area contributed by atoms with Crippen LogP contribution < -0.4 is 10.2 Å².